The van der Waals surface area contributed by atoms with Gasteiger partial charge in [-0.25, -0.2) is 9.48 Å². The van der Waals surface area contributed by atoms with Crippen LogP contribution in [-0.4, -0.2) is 14.3 Å². The molecule has 0 aliphatic heterocycles. The minimum absolute atomic E-state index is 0.170. The Balaban J connectivity index is 2.60. The van der Waals surface area contributed by atoms with Crippen LogP contribution in [-0.2, 0) is 13.1 Å². The molecule has 0 atom stereocenters. The van der Waals surface area contributed by atoms with Crippen LogP contribution in [0.1, 0.15) is 6.92 Å². The fourth-order valence-corrected chi connectivity index (χ4v) is 2.17. The van der Waals surface area contributed by atoms with E-state index in [1.54, 1.807) is 10.6 Å². The molecule has 6 heteroatoms. The van der Waals surface area contributed by atoms with E-state index >= 15 is 0 Å². The molecule has 0 saturated heterocycles. The molecule has 0 N–H and O–H groups in total. The normalized spacial score (nSPS) is 10.1. The van der Waals surface area contributed by atoms with Gasteiger partial charge in [0.2, 0.25) is 0 Å². The molecule has 0 spiro atoms. The Morgan fingerprint density at radius 3 is 2.79 bits per heavy atom. The Morgan fingerprint density at radius 1 is 1.42 bits per heavy atom. The van der Waals surface area contributed by atoms with Crippen LogP contribution in [0, 0.1) is 9.85 Å². The SMILES string of the molecule is CCn1c(-c2ccccc2Cl)nn(CC#CI)c1=O. The van der Waals surface area contributed by atoms with Crippen molar-refractivity contribution in [3.8, 4) is 21.2 Å². The lowest BCUT2D eigenvalue weighted by Gasteiger charge is -2.03. The molecule has 4 nitrogen and oxygen atoms in total. The first kappa shape index (κ1) is 14.2. The summed E-state index contributed by atoms with van der Waals surface area (Å²) in [5, 5.41) is 4.90. The van der Waals surface area contributed by atoms with Crippen molar-refractivity contribution in [2.45, 2.75) is 20.0 Å². The maximum absolute atomic E-state index is 12.2. The molecule has 0 amide bonds. The second-order valence-electron chi connectivity index (χ2n) is 3.76. The van der Waals surface area contributed by atoms with Gasteiger partial charge in [0, 0.05) is 34.7 Å². The van der Waals surface area contributed by atoms with Crippen molar-refractivity contribution < 1.29 is 0 Å². The van der Waals surface area contributed by atoms with E-state index in [1.165, 1.54) is 4.68 Å². The molecule has 1 aromatic heterocycles. The number of aromatic nitrogens is 3. The summed E-state index contributed by atoms with van der Waals surface area (Å²) in [5.41, 5.74) is 0.584. The van der Waals surface area contributed by atoms with Gasteiger partial charge in [0.15, 0.2) is 5.82 Å². The molecule has 0 aliphatic carbocycles. The zero-order chi connectivity index (χ0) is 13.8. The van der Waals surface area contributed by atoms with Gasteiger partial charge in [-0.3, -0.25) is 4.57 Å². The fraction of sp³-hybridized carbons (Fsp3) is 0.231. The van der Waals surface area contributed by atoms with Gasteiger partial charge in [0.25, 0.3) is 0 Å². The molecule has 2 aromatic rings. The average molecular weight is 388 g/mol. The van der Waals surface area contributed by atoms with Crippen LogP contribution in [0.15, 0.2) is 29.1 Å². The van der Waals surface area contributed by atoms with Gasteiger partial charge < -0.3 is 0 Å². The van der Waals surface area contributed by atoms with Gasteiger partial charge in [0.1, 0.15) is 6.54 Å². The smallest absolute Gasteiger partial charge is 0.275 e. The second kappa shape index (κ2) is 6.26. The van der Waals surface area contributed by atoms with E-state index in [-0.39, 0.29) is 12.2 Å². The van der Waals surface area contributed by atoms with Crippen molar-refractivity contribution in [2.24, 2.45) is 0 Å². The van der Waals surface area contributed by atoms with Gasteiger partial charge in [-0.1, -0.05) is 29.7 Å². The number of nitrogens with zero attached hydrogens (tertiary/aromatic N) is 3. The number of hydrogen-bond acceptors (Lipinski definition) is 2. The summed E-state index contributed by atoms with van der Waals surface area (Å²) >= 11 is 8.10. The third-order valence-electron chi connectivity index (χ3n) is 2.65. The lowest BCUT2D eigenvalue weighted by atomic mass is 10.2. The van der Waals surface area contributed by atoms with Gasteiger partial charge in [-0.05, 0) is 23.0 Å². The molecule has 98 valence electrons. The molecule has 0 fully saturated rings. The molecule has 0 saturated carbocycles. The highest BCUT2D eigenvalue weighted by Gasteiger charge is 2.15. The summed E-state index contributed by atoms with van der Waals surface area (Å²) in [6.07, 6.45) is 0. The lowest BCUT2D eigenvalue weighted by Crippen LogP contribution is -2.24. The van der Waals surface area contributed by atoms with Gasteiger partial charge >= 0.3 is 5.69 Å². The molecule has 1 aromatic carbocycles. The summed E-state index contributed by atoms with van der Waals surface area (Å²) in [6, 6.07) is 7.35. The van der Waals surface area contributed by atoms with Gasteiger partial charge in [-0.15, -0.1) is 5.10 Å². The zero-order valence-electron chi connectivity index (χ0n) is 10.2. The Bertz CT molecular complexity index is 709. The number of hydrogen-bond donors (Lipinski definition) is 0. The molecular formula is C13H11ClIN3O. The predicted octanol–water partition coefficient (Wildman–Crippen LogP) is 2.78. The van der Waals surface area contributed by atoms with Crippen molar-refractivity contribution in [3.05, 3.63) is 39.8 Å². The Morgan fingerprint density at radius 2 is 2.16 bits per heavy atom. The van der Waals surface area contributed by atoms with E-state index in [9.17, 15) is 4.79 Å². The number of benzene rings is 1. The Labute approximate surface area is 129 Å². The quantitative estimate of drug-likeness (QED) is 0.600. The summed E-state index contributed by atoms with van der Waals surface area (Å²) in [5.74, 6) is 3.40. The Hall–Kier alpha value is -1.26. The third-order valence-corrected chi connectivity index (χ3v) is 3.36. The van der Waals surface area contributed by atoms with Crippen LogP contribution in [0.3, 0.4) is 0 Å². The van der Waals surface area contributed by atoms with Crippen molar-refractivity contribution in [1.29, 1.82) is 0 Å². The lowest BCUT2D eigenvalue weighted by molar-refractivity contribution is 0.649. The topological polar surface area (TPSA) is 39.8 Å². The van der Waals surface area contributed by atoms with Crippen molar-refractivity contribution in [2.75, 3.05) is 0 Å². The van der Waals surface area contributed by atoms with Crippen LogP contribution in [0.2, 0.25) is 5.02 Å². The van der Waals surface area contributed by atoms with Gasteiger partial charge in [0.05, 0.1) is 5.02 Å². The average Bonchev–Trinajstić information content (AvgIpc) is 2.73. The van der Waals surface area contributed by atoms with E-state index in [4.69, 9.17) is 11.6 Å². The molecule has 2 rings (SSSR count). The molecule has 0 unspecified atom stereocenters. The van der Waals surface area contributed by atoms with E-state index in [0.717, 1.165) is 5.56 Å². The Kier molecular flexibility index (Phi) is 4.66. The largest absolute Gasteiger partial charge is 0.347 e. The highest BCUT2D eigenvalue weighted by atomic mass is 127. The van der Waals surface area contributed by atoms with Crippen LogP contribution >= 0.6 is 34.2 Å². The van der Waals surface area contributed by atoms with E-state index < -0.39 is 0 Å². The number of rotatable bonds is 3. The number of halogens is 2. The summed E-state index contributed by atoms with van der Waals surface area (Å²) < 4.78 is 5.67. The minimum atomic E-state index is -0.170. The maximum atomic E-state index is 12.2. The van der Waals surface area contributed by atoms with Crippen LogP contribution in [0.25, 0.3) is 11.4 Å². The van der Waals surface area contributed by atoms with E-state index in [0.29, 0.717) is 17.4 Å². The van der Waals surface area contributed by atoms with Crippen molar-refractivity contribution >= 4 is 34.2 Å². The molecule has 0 radical (unpaired) electrons. The van der Waals surface area contributed by atoms with Crippen LogP contribution in [0.4, 0.5) is 0 Å². The molecule has 19 heavy (non-hydrogen) atoms. The van der Waals surface area contributed by atoms with Crippen molar-refractivity contribution in [1.82, 2.24) is 14.3 Å². The molecule has 0 bridgehead atoms. The molecule has 0 aliphatic rings. The highest BCUT2D eigenvalue weighted by molar-refractivity contribution is 14.1. The second-order valence-corrected chi connectivity index (χ2v) is 4.71. The summed E-state index contributed by atoms with van der Waals surface area (Å²) in [6.45, 7) is 2.72. The third kappa shape index (κ3) is 2.85. The van der Waals surface area contributed by atoms with Crippen molar-refractivity contribution in [3.63, 3.8) is 0 Å². The molecule has 1 heterocycles. The first-order valence-electron chi connectivity index (χ1n) is 5.70. The van der Waals surface area contributed by atoms with Gasteiger partial charge in [-0.2, -0.15) is 0 Å². The summed E-state index contributed by atoms with van der Waals surface area (Å²) in [4.78, 5) is 12.2. The summed E-state index contributed by atoms with van der Waals surface area (Å²) in [7, 11) is 0. The van der Waals surface area contributed by atoms with E-state index in [1.807, 2.05) is 47.7 Å². The first-order valence-corrected chi connectivity index (χ1v) is 7.15. The fourth-order valence-electron chi connectivity index (χ4n) is 1.78. The zero-order valence-corrected chi connectivity index (χ0v) is 13.1. The predicted molar refractivity (Wildman–Crippen MR) is 84.4 cm³/mol. The maximum Gasteiger partial charge on any atom is 0.347 e. The van der Waals surface area contributed by atoms with Crippen LogP contribution in [0.5, 0.6) is 0 Å². The first-order chi connectivity index (χ1) is 9.19. The molecular weight excluding hydrogens is 377 g/mol. The minimum Gasteiger partial charge on any atom is -0.275 e. The van der Waals surface area contributed by atoms with Crippen LogP contribution < -0.4 is 5.69 Å². The monoisotopic (exact) mass is 387 g/mol. The van der Waals surface area contributed by atoms with E-state index in [2.05, 4.69) is 14.9 Å². The standard InChI is InChI=1S/C13H11ClIN3O/c1-2-17-12(10-6-3-4-7-11(10)14)16-18(13(17)19)9-5-8-15/h3-4,6-7H,2,9H2,1H3. The highest BCUT2D eigenvalue weighted by Crippen LogP contribution is 2.25.